The zero-order chi connectivity index (χ0) is 42.6. The van der Waals surface area contributed by atoms with Crippen molar-refractivity contribution < 1.29 is 55.0 Å². The summed E-state index contributed by atoms with van der Waals surface area (Å²) >= 11 is 0. The van der Waals surface area contributed by atoms with Gasteiger partial charge < -0.3 is 49.6 Å². The Hall–Kier alpha value is -5.44. The molecular formula is C38H41BF6N6O8. The quantitative estimate of drug-likeness (QED) is 0.145. The van der Waals surface area contributed by atoms with Crippen molar-refractivity contribution in [3.63, 3.8) is 0 Å². The van der Waals surface area contributed by atoms with Crippen molar-refractivity contribution >= 4 is 52.6 Å². The lowest BCUT2D eigenvalue weighted by Gasteiger charge is -2.24. The fraction of sp³-hybridized carbons (Fsp3) is 0.474. The maximum absolute atomic E-state index is 15.2. The number of aromatic carboxylic acids is 1. The summed E-state index contributed by atoms with van der Waals surface area (Å²) in [5.74, 6) is -5.11. The number of carboxylic acid groups (broad SMARTS) is 1. The van der Waals surface area contributed by atoms with Gasteiger partial charge in [-0.25, -0.2) is 27.0 Å². The highest BCUT2D eigenvalue weighted by Gasteiger charge is 2.38. The molecule has 2 saturated carbocycles. The Bertz CT molecular complexity index is 2450. The number of pyridine rings is 2. The highest BCUT2D eigenvalue weighted by molar-refractivity contribution is 6.38. The van der Waals surface area contributed by atoms with Gasteiger partial charge in [0.2, 0.25) is 10.9 Å². The Labute approximate surface area is 332 Å². The summed E-state index contributed by atoms with van der Waals surface area (Å²) in [4.78, 5) is 52.3. The summed E-state index contributed by atoms with van der Waals surface area (Å²) < 4.78 is 99.9. The molecule has 8 rings (SSSR count). The minimum absolute atomic E-state index is 0.0211. The number of ether oxygens (including phenoxy) is 2. The van der Waals surface area contributed by atoms with E-state index in [0.717, 1.165) is 44.0 Å². The molecule has 2 saturated heterocycles. The third kappa shape index (κ3) is 7.65. The van der Waals surface area contributed by atoms with Crippen LogP contribution in [-0.4, -0.2) is 99.5 Å². The van der Waals surface area contributed by atoms with Crippen LogP contribution in [-0.2, 0) is 4.65 Å². The highest BCUT2D eigenvalue weighted by atomic mass is 19.2. The normalized spacial score (nSPS) is 21.5. The molecule has 0 amide bonds. The van der Waals surface area contributed by atoms with Gasteiger partial charge in [0.15, 0.2) is 23.1 Å². The lowest BCUT2D eigenvalue weighted by atomic mass is 10.1. The molecule has 4 aliphatic rings. The van der Waals surface area contributed by atoms with Crippen LogP contribution in [0.2, 0.25) is 0 Å². The minimum atomic E-state index is -3.39. The number of rotatable bonds is 11. The van der Waals surface area contributed by atoms with Gasteiger partial charge in [-0.1, -0.05) is 0 Å². The molecule has 4 heterocycles. The Balaban J connectivity index is 0.000000180. The number of hydrogen-bond acceptors (Lipinski definition) is 11. The van der Waals surface area contributed by atoms with Crippen LogP contribution in [0.15, 0.2) is 34.1 Å². The third-order valence-electron chi connectivity index (χ3n) is 11.3. The maximum atomic E-state index is 15.2. The van der Waals surface area contributed by atoms with E-state index in [-0.39, 0.29) is 77.4 Å². The van der Waals surface area contributed by atoms with Crippen molar-refractivity contribution in [3.8, 4) is 11.5 Å². The van der Waals surface area contributed by atoms with Crippen molar-refractivity contribution in [2.75, 3.05) is 63.5 Å². The van der Waals surface area contributed by atoms with E-state index in [2.05, 4.69) is 4.65 Å². The molecule has 2 aliphatic carbocycles. The molecule has 21 heteroatoms. The third-order valence-corrected chi connectivity index (χ3v) is 11.3. The van der Waals surface area contributed by atoms with Crippen molar-refractivity contribution in [3.05, 3.63) is 67.7 Å². The number of benzene rings is 2. The molecule has 4 atom stereocenters. The number of carboxylic acids is 1. The van der Waals surface area contributed by atoms with Crippen LogP contribution in [0.1, 0.15) is 58.5 Å². The summed E-state index contributed by atoms with van der Waals surface area (Å²) in [7, 11) is -0.720. The fourth-order valence-corrected chi connectivity index (χ4v) is 8.07. The molecule has 0 spiro atoms. The largest absolute Gasteiger partial charge is 0.798 e. The van der Waals surface area contributed by atoms with Crippen molar-refractivity contribution in [1.29, 1.82) is 0 Å². The molecule has 59 heavy (non-hydrogen) atoms. The number of carbonyl (C=O) groups excluding carboxylic acids is 1. The average Bonchev–Trinajstić information content (AvgIpc) is 4.14. The Morgan fingerprint density at radius 2 is 1.15 bits per heavy atom. The molecule has 0 radical (unpaired) electrons. The molecule has 5 N–H and O–H groups in total. The SMILES string of the molecule is COc1c(N2C[C@H](CF)[C@H](N)C2)c(F)cc2c(=O)c(C(=O)O)cn(C3CC3)c12.COc1c(N2C[C@H](CF)[C@H](N)C2)c(F)cc2c(=O)c(C(=O)OB(F)F)cn(C3CC3)c12. The van der Waals surface area contributed by atoms with Crippen LogP contribution < -0.4 is 41.6 Å². The zero-order valence-corrected chi connectivity index (χ0v) is 31.9. The Morgan fingerprint density at radius 1 is 0.746 bits per heavy atom. The van der Waals surface area contributed by atoms with E-state index in [1.165, 1.54) is 20.4 Å². The zero-order valence-electron chi connectivity index (χ0n) is 31.9. The van der Waals surface area contributed by atoms with Crippen molar-refractivity contribution in [1.82, 2.24) is 9.13 Å². The van der Waals surface area contributed by atoms with Crippen LogP contribution in [0, 0.1) is 23.5 Å². The lowest BCUT2D eigenvalue weighted by molar-refractivity contribution is 0.0682. The van der Waals surface area contributed by atoms with Crippen LogP contribution in [0.5, 0.6) is 11.5 Å². The number of carbonyl (C=O) groups is 2. The average molecular weight is 835 g/mol. The topological polar surface area (TPSA) is 185 Å². The smallest absolute Gasteiger partial charge is 0.492 e. The number of aromatic nitrogens is 2. The Kier molecular flexibility index (Phi) is 11.5. The Morgan fingerprint density at radius 3 is 1.49 bits per heavy atom. The monoisotopic (exact) mass is 834 g/mol. The van der Waals surface area contributed by atoms with Gasteiger partial charge in [0, 0.05) is 74.6 Å². The van der Waals surface area contributed by atoms with E-state index in [1.54, 1.807) is 18.9 Å². The van der Waals surface area contributed by atoms with E-state index in [4.69, 9.17) is 20.9 Å². The number of hydrogen-bond donors (Lipinski definition) is 3. The highest BCUT2D eigenvalue weighted by Crippen LogP contribution is 2.46. The van der Waals surface area contributed by atoms with Crippen LogP contribution >= 0.6 is 0 Å². The number of anilines is 2. The minimum Gasteiger partial charge on any atom is -0.492 e. The first-order chi connectivity index (χ1) is 28.1. The summed E-state index contributed by atoms with van der Waals surface area (Å²) in [6.07, 6.45) is 5.54. The predicted octanol–water partition coefficient (Wildman–Crippen LogP) is 4.21. The van der Waals surface area contributed by atoms with Crippen LogP contribution in [0.4, 0.5) is 37.6 Å². The molecule has 2 aliphatic heterocycles. The van der Waals surface area contributed by atoms with E-state index < -0.39 is 90.3 Å². The van der Waals surface area contributed by atoms with Crippen molar-refractivity contribution in [2.45, 2.75) is 49.9 Å². The number of alkyl halides is 2. The number of nitrogens with zero attached hydrogens (tertiary/aromatic N) is 4. The first-order valence-corrected chi connectivity index (χ1v) is 18.9. The van der Waals surface area contributed by atoms with E-state index in [1.807, 2.05) is 0 Å². The van der Waals surface area contributed by atoms with Gasteiger partial charge in [-0.3, -0.25) is 18.4 Å². The molecule has 4 fully saturated rings. The first-order valence-electron chi connectivity index (χ1n) is 18.9. The number of fused-ring (bicyclic) bond motifs is 2. The standard InChI is InChI=1S/C19H20BF4N3O4.C19H21F2N3O4/c1-30-18-15-11(4-13(22)16(18)26-6-9(5-21)14(25)8-26)17(28)12(19(29)31-20(23)24)7-27(15)10-2-3-10;1-28-18-15-11(17(25)12(19(26)27)7-24(15)10-2-3-10)4-13(21)16(18)23-6-9(5-20)14(22)8-23/h4,7,9-10,14H,2-3,5-6,8,25H2,1H3;4,7,9-10,14H,2-3,5-6,8,22H2,1H3,(H,26,27)/t2*9-,14+/m00/s1. The second-order valence-corrected chi connectivity index (χ2v) is 15.2. The number of halogens is 6. The maximum Gasteiger partial charge on any atom is 0.798 e. The molecule has 0 unspecified atom stereocenters. The molecule has 316 valence electrons. The fourth-order valence-electron chi connectivity index (χ4n) is 8.07. The van der Waals surface area contributed by atoms with Gasteiger partial charge in [0.25, 0.3) is 0 Å². The lowest BCUT2D eigenvalue weighted by Crippen LogP contribution is -2.30. The van der Waals surface area contributed by atoms with Gasteiger partial charge in [-0.15, -0.1) is 0 Å². The van der Waals surface area contributed by atoms with E-state index >= 15 is 8.78 Å². The van der Waals surface area contributed by atoms with Crippen molar-refractivity contribution in [2.24, 2.45) is 23.3 Å². The first kappa shape index (κ1) is 41.7. The number of nitrogens with two attached hydrogens (primary N) is 2. The van der Waals surface area contributed by atoms with Gasteiger partial charge in [0.1, 0.15) is 22.5 Å². The second-order valence-electron chi connectivity index (χ2n) is 15.2. The van der Waals surface area contributed by atoms with Gasteiger partial charge >= 0.3 is 19.4 Å². The molecule has 0 bridgehead atoms. The van der Waals surface area contributed by atoms with E-state index in [9.17, 15) is 41.7 Å². The summed E-state index contributed by atoms with van der Waals surface area (Å²) in [6.45, 7) is -0.407. The number of methoxy groups -OCH3 is 2. The second kappa shape index (κ2) is 16.3. The molecule has 2 aromatic heterocycles. The summed E-state index contributed by atoms with van der Waals surface area (Å²) in [6, 6.07) is 0.962. The van der Waals surface area contributed by atoms with Gasteiger partial charge in [0.05, 0.1) is 49.4 Å². The summed E-state index contributed by atoms with van der Waals surface area (Å²) in [5.41, 5.74) is 9.96. The van der Waals surface area contributed by atoms with E-state index in [0.29, 0.717) is 5.52 Å². The summed E-state index contributed by atoms with van der Waals surface area (Å²) in [5, 5.41) is 9.12. The van der Waals surface area contributed by atoms with Crippen LogP contribution in [0.25, 0.3) is 21.8 Å². The van der Waals surface area contributed by atoms with Gasteiger partial charge in [-0.05, 0) is 37.8 Å². The predicted molar refractivity (Wildman–Crippen MR) is 206 cm³/mol. The molecular weight excluding hydrogens is 793 g/mol. The molecule has 4 aromatic rings. The molecule has 14 nitrogen and oxygen atoms in total. The molecule has 2 aromatic carbocycles. The van der Waals surface area contributed by atoms with Gasteiger partial charge in [-0.2, -0.15) is 0 Å². The van der Waals surface area contributed by atoms with Crippen LogP contribution in [0.3, 0.4) is 0 Å².